The van der Waals surface area contributed by atoms with E-state index in [4.69, 9.17) is 4.74 Å². The highest BCUT2D eigenvalue weighted by Crippen LogP contribution is 2.13. The predicted octanol–water partition coefficient (Wildman–Crippen LogP) is 5.27. The van der Waals surface area contributed by atoms with E-state index in [2.05, 4.69) is 28.1 Å². The second kappa shape index (κ2) is 16.2. The van der Waals surface area contributed by atoms with Gasteiger partial charge in [0.2, 0.25) is 11.8 Å². The molecule has 40 heavy (non-hydrogen) atoms. The van der Waals surface area contributed by atoms with Gasteiger partial charge >= 0.3 is 5.97 Å². The fraction of sp³-hybridized carbons (Fsp3) is 0.364. The van der Waals surface area contributed by atoms with Crippen LogP contribution in [0.5, 0.6) is 0 Å². The van der Waals surface area contributed by atoms with E-state index in [9.17, 15) is 14.4 Å². The van der Waals surface area contributed by atoms with E-state index < -0.39 is 24.1 Å². The fourth-order valence-corrected chi connectivity index (χ4v) is 4.39. The first-order chi connectivity index (χ1) is 19.3. The molecule has 0 aliphatic carbocycles. The maximum Gasteiger partial charge on any atom is 0.323 e. The van der Waals surface area contributed by atoms with Crippen molar-refractivity contribution >= 4 is 23.5 Å². The first-order valence-corrected chi connectivity index (χ1v) is 14.0. The third-order valence-corrected chi connectivity index (χ3v) is 6.53. The molecule has 0 fully saturated rings. The highest BCUT2D eigenvalue weighted by Gasteiger charge is 2.29. The van der Waals surface area contributed by atoms with E-state index in [1.165, 1.54) is 5.56 Å². The molecule has 0 radical (unpaired) electrons. The van der Waals surface area contributed by atoms with Crippen molar-refractivity contribution in [1.82, 2.24) is 10.6 Å². The van der Waals surface area contributed by atoms with Gasteiger partial charge in [0, 0.05) is 5.69 Å². The Morgan fingerprint density at radius 1 is 0.725 bits per heavy atom. The molecule has 0 unspecified atom stereocenters. The molecule has 2 amide bonds. The number of carbonyl (C=O) groups excluding carboxylic acids is 3. The van der Waals surface area contributed by atoms with Crippen LogP contribution in [-0.4, -0.2) is 35.9 Å². The van der Waals surface area contributed by atoms with Gasteiger partial charge < -0.3 is 15.4 Å². The molecule has 0 bridgehead atoms. The van der Waals surface area contributed by atoms with E-state index >= 15 is 0 Å². The number of benzene rings is 3. The summed E-state index contributed by atoms with van der Waals surface area (Å²) >= 11 is 0. The summed E-state index contributed by atoms with van der Waals surface area (Å²) in [4.78, 5) is 39.5. The Kier molecular flexibility index (Phi) is 12.4. The van der Waals surface area contributed by atoms with Crippen molar-refractivity contribution in [2.75, 3.05) is 5.32 Å². The molecule has 0 heterocycles. The topological polar surface area (TPSA) is 96.5 Å². The lowest BCUT2D eigenvalue weighted by Crippen LogP contribution is -2.54. The molecule has 0 spiro atoms. The largest absolute Gasteiger partial charge is 0.460 e. The highest BCUT2D eigenvalue weighted by molar-refractivity contribution is 5.98. The Balaban J connectivity index is 1.67. The van der Waals surface area contributed by atoms with E-state index in [0.717, 1.165) is 18.4 Å². The van der Waals surface area contributed by atoms with Gasteiger partial charge in [0.05, 0.1) is 6.04 Å². The van der Waals surface area contributed by atoms with Crippen LogP contribution >= 0.6 is 0 Å². The minimum absolute atomic E-state index is 0.159. The molecule has 3 aromatic carbocycles. The van der Waals surface area contributed by atoms with E-state index in [-0.39, 0.29) is 24.3 Å². The average Bonchev–Trinajstić information content (AvgIpc) is 2.96. The maximum absolute atomic E-state index is 13.6. The minimum Gasteiger partial charge on any atom is -0.460 e. The Labute approximate surface area is 237 Å². The molecular formula is C33H41N3O4. The third-order valence-electron chi connectivity index (χ3n) is 6.53. The summed E-state index contributed by atoms with van der Waals surface area (Å²) in [7, 11) is 0. The summed E-state index contributed by atoms with van der Waals surface area (Å²) in [6.45, 7) is 5.87. The molecule has 3 atom stereocenters. The fourth-order valence-electron chi connectivity index (χ4n) is 4.39. The normalized spacial score (nSPS) is 13.2. The van der Waals surface area contributed by atoms with Gasteiger partial charge in [-0.15, -0.1) is 0 Å². The van der Waals surface area contributed by atoms with Crippen molar-refractivity contribution in [3.05, 3.63) is 102 Å². The molecule has 0 aromatic heterocycles. The van der Waals surface area contributed by atoms with Crippen LogP contribution in [0.15, 0.2) is 91.0 Å². The lowest BCUT2D eigenvalue weighted by molar-refractivity contribution is -0.147. The number of para-hydroxylation sites is 1. The highest BCUT2D eigenvalue weighted by atomic mass is 16.5. The van der Waals surface area contributed by atoms with Gasteiger partial charge in [-0.25, -0.2) is 0 Å². The van der Waals surface area contributed by atoms with E-state index in [0.29, 0.717) is 18.5 Å². The number of esters is 1. The average molecular weight is 544 g/mol. The third kappa shape index (κ3) is 10.7. The molecule has 7 nitrogen and oxygen atoms in total. The van der Waals surface area contributed by atoms with Gasteiger partial charge in [-0.3, -0.25) is 19.7 Å². The predicted molar refractivity (Wildman–Crippen MR) is 158 cm³/mol. The number of anilines is 1. The second-order valence-corrected chi connectivity index (χ2v) is 10.5. The summed E-state index contributed by atoms with van der Waals surface area (Å²) in [6, 6.07) is 26.6. The Morgan fingerprint density at radius 2 is 1.30 bits per heavy atom. The number of rotatable bonds is 15. The molecule has 3 aromatic rings. The number of hydrogen-bond donors (Lipinski definition) is 3. The summed E-state index contributed by atoms with van der Waals surface area (Å²) < 4.78 is 5.49. The van der Waals surface area contributed by atoms with E-state index in [1.54, 1.807) is 6.92 Å². The van der Waals surface area contributed by atoms with Crippen molar-refractivity contribution in [1.29, 1.82) is 0 Å². The summed E-state index contributed by atoms with van der Waals surface area (Å²) in [5.74, 6) is -0.843. The number of nitrogens with one attached hydrogen (secondary N) is 3. The number of ether oxygens (including phenoxy) is 1. The second-order valence-electron chi connectivity index (χ2n) is 10.5. The molecule has 0 saturated heterocycles. The molecule has 3 N–H and O–H groups in total. The summed E-state index contributed by atoms with van der Waals surface area (Å²) in [5, 5.41) is 9.02. The van der Waals surface area contributed by atoms with Crippen molar-refractivity contribution in [2.24, 2.45) is 5.92 Å². The molecule has 0 saturated carbocycles. The number of aryl methyl sites for hydroxylation is 1. The lowest BCUT2D eigenvalue weighted by atomic mass is 10.0. The van der Waals surface area contributed by atoms with Crippen molar-refractivity contribution in [3.8, 4) is 0 Å². The zero-order valence-corrected chi connectivity index (χ0v) is 23.6. The van der Waals surface area contributed by atoms with Crippen LogP contribution in [-0.2, 0) is 32.1 Å². The van der Waals surface area contributed by atoms with Crippen molar-refractivity contribution in [2.45, 2.75) is 71.2 Å². The van der Waals surface area contributed by atoms with Gasteiger partial charge in [-0.1, -0.05) is 92.7 Å². The molecule has 7 heteroatoms. The van der Waals surface area contributed by atoms with Crippen LogP contribution in [0.2, 0.25) is 0 Å². The number of carbonyl (C=O) groups is 3. The zero-order valence-electron chi connectivity index (χ0n) is 23.6. The van der Waals surface area contributed by atoms with Gasteiger partial charge in [-0.2, -0.15) is 0 Å². The standard InChI is InChI=1S/C33H41N3O4/c1-24(2)22-30(32(38)35-28-19-11-6-12-20-28)36-31(37)29(21-13-18-26-14-7-4-8-15-26)34-25(3)33(39)40-23-27-16-9-5-10-17-27/h4-12,14-17,19-20,24-25,29-30,34H,13,18,21-23H2,1-3H3,(H,35,38)(H,36,37)/t25-,29+,30+/m1/s1. The van der Waals surface area contributed by atoms with Crippen LogP contribution in [0.25, 0.3) is 0 Å². The van der Waals surface area contributed by atoms with Crippen LogP contribution < -0.4 is 16.0 Å². The maximum atomic E-state index is 13.6. The monoisotopic (exact) mass is 543 g/mol. The zero-order chi connectivity index (χ0) is 28.7. The summed E-state index contributed by atoms with van der Waals surface area (Å²) in [6.07, 6.45) is 2.50. The van der Waals surface area contributed by atoms with Crippen molar-refractivity contribution < 1.29 is 19.1 Å². The van der Waals surface area contributed by atoms with Crippen LogP contribution in [0.3, 0.4) is 0 Å². The number of amides is 2. The van der Waals surface area contributed by atoms with Crippen molar-refractivity contribution in [3.63, 3.8) is 0 Å². The quantitative estimate of drug-likeness (QED) is 0.227. The van der Waals surface area contributed by atoms with Gasteiger partial charge in [0.1, 0.15) is 18.7 Å². The summed E-state index contributed by atoms with van der Waals surface area (Å²) in [5.41, 5.74) is 2.74. The van der Waals surface area contributed by atoms with Crippen LogP contribution in [0.4, 0.5) is 5.69 Å². The van der Waals surface area contributed by atoms with Gasteiger partial charge in [-0.05, 0) is 61.8 Å². The van der Waals surface area contributed by atoms with Crippen LogP contribution in [0, 0.1) is 5.92 Å². The molecule has 0 aliphatic rings. The number of hydrogen-bond acceptors (Lipinski definition) is 5. The lowest BCUT2D eigenvalue weighted by Gasteiger charge is -2.26. The van der Waals surface area contributed by atoms with Gasteiger partial charge in [0.25, 0.3) is 0 Å². The first kappa shape index (κ1) is 30.6. The molecule has 212 valence electrons. The Bertz CT molecular complexity index is 1190. The SMILES string of the molecule is CC(C)C[C@H](NC(=O)[C@H](CCCc1ccccc1)N[C@H](C)C(=O)OCc1ccccc1)C(=O)Nc1ccccc1. The van der Waals surface area contributed by atoms with E-state index in [1.807, 2.05) is 92.7 Å². The molecular weight excluding hydrogens is 502 g/mol. The molecule has 3 rings (SSSR count). The smallest absolute Gasteiger partial charge is 0.323 e. The molecule has 0 aliphatic heterocycles. The minimum atomic E-state index is -0.716. The van der Waals surface area contributed by atoms with Crippen LogP contribution in [0.1, 0.15) is 51.2 Å². The van der Waals surface area contributed by atoms with Gasteiger partial charge in [0.15, 0.2) is 0 Å². The first-order valence-electron chi connectivity index (χ1n) is 14.0. The Hall–Kier alpha value is -3.97. The Morgan fingerprint density at radius 3 is 1.90 bits per heavy atom.